The lowest BCUT2D eigenvalue weighted by atomic mass is 10.0. The minimum absolute atomic E-state index is 0.0935. The summed E-state index contributed by atoms with van der Waals surface area (Å²) in [7, 11) is 1.32. The number of hydrogen-bond donors (Lipinski definition) is 1. The molecular weight excluding hydrogens is 250 g/mol. The average molecular weight is 267 g/mol. The smallest absolute Gasteiger partial charge is 0.328 e. The number of anilines is 1. The van der Waals surface area contributed by atoms with Crippen LogP contribution in [0.4, 0.5) is 11.5 Å². The van der Waals surface area contributed by atoms with E-state index in [9.17, 15) is 14.9 Å². The van der Waals surface area contributed by atoms with Gasteiger partial charge in [-0.1, -0.05) is 13.8 Å². The highest BCUT2D eigenvalue weighted by Crippen LogP contribution is 2.15. The third kappa shape index (κ3) is 4.53. The van der Waals surface area contributed by atoms with Crippen LogP contribution in [0.2, 0.25) is 0 Å². The van der Waals surface area contributed by atoms with Gasteiger partial charge in [0.2, 0.25) is 0 Å². The van der Waals surface area contributed by atoms with Crippen molar-refractivity contribution in [3.05, 3.63) is 28.4 Å². The summed E-state index contributed by atoms with van der Waals surface area (Å²) in [5, 5.41) is 13.4. The van der Waals surface area contributed by atoms with E-state index in [2.05, 4.69) is 10.3 Å². The molecular formula is C12H17N3O4. The molecule has 19 heavy (non-hydrogen) atoms. The number of pyridine rings is 1. The van der Waals surface area contributed by atoms with Gasteiger partial charge < -0.3 is 10.1 Å². The van der Waals surface area contributed by atoms with E-state index in [1.165, 1.54) is 19.2 Å². The predicted molar refractivity (Wildman–Crippen MR) is 69.8 cm³/mol. The number of hydrogen-bond acceptors (Lipinski definition) is 6. The largest absolute Gasteiger partial charge is 0.467 e. The molecule has 1 N–H and O–H groups in total. The third-order valence-electron chi connectivity index (χ3n) is 2.47. The van der Waals surface area contributed by atoms with E-state index in [0.29, 0.717) is 18.2 Å². The molecule has 0 aliphatic heterocycles. The average Bonchev–Trinajstić information content (AvgIpc) is 2.37. The number of methoxy groups -OCH3 is 1. The Balaban J connectivity index is 2.78. The molecule has 1 aromatic rings. The monoisotopic (exact) mass is 267 g/mol. The van der Waals surface area contributed by atoms with E-state index in [0.717, 1.165) is 6.20 Å². The fourth-order valence-electron chi connectivity index (χ4n) is 1.59. The first kappa shape index (κ1) is 14.9. The summed E-state index contributed by atoms with van der Waals surface area (Å²) in [6, 6.07) is 2.28. The molecule has 7 heteroatoms. The molecule has 0 saturated carbocycles. The maximum absolute atomic E-state index is 11.6. The van der Waals surface area contributed by atoms with Crippen LogP contribution >= 0.6 is 0 Å². The Morgan fingerprint density at radius 1 is 1.53 bits per heavy atom. The molecule has 0 radical (unpaired) electrons. The summed E-state index contributed by atoms with van der Waals surface area (Å²) < 4.78 is 4.71. The number of esters is 1. The molecule has 1 heterocycles. The normalized spacial score (nSPS) is 12.0. The second-order valence-electron chi connectivity index (χ2n) is 4.51. The van der Waals surface area contributed by atoms with Crippen molar-refractivity contribution in [3.63, 3.8) is 0 Å². The zero-order valence-corrected chi connectivity index (χ0v) is 11.1. The molecule has 1 rings (SSSR count). The van der Waals surface area contributed by atoms with Crippen LogP contribution in [-0.2, 0) is 9.53 Å². The Morgan fingerprint density at radius 3 is 2.63 bits per heavy atom. The molecule has 7 nitrogen and oxygen atoms in total. The zero-order valence-electron chi connectivity index (χ0n) is 11.1. The Morgan fingerprint density at radius 2 is 2.21 bits per heavy atom. The third-order valence-corrected chi connectivity index (χ3v) is 2.47. The van der Waals surface area contributed by atoms with Crippen LogP contribution in [0.5, 0.6) is 0 Å². The van der Waals surface area contributed by atoms with Crippen LogP contribution in [0.15, 0.2) is 18.3 Å². The number of rotatable bonds is 6. The fourth-order valence-corrected chi connectivity index (χ4v) is 1.59. The fraction of sp³-hybridized carbons (Fsp3) is 0.500. The summed E-state index contributed by atoms with van der Waals surface area (Å²) >= 11 is 0. The van der Waals surface area contributed by atoms with E-state index < -0.39 is 11.0 Å². The highest BCUT2D eigenvalue weighted by molar-refractivity contribution is 5.78. The molecule has 0 spiro atoms. The van der Waals surface area contributed by atoms with Gasteiger partial charge in [-0.3, -0.25) is 10.1 Å². The number of carbonyl (C=O) groups is 1. The number of carbonyl (C=O) groups excluding carboxylic acids is 1. The quantitative estimate of drug-likeness (QED) is 0.481. The van der Waals surface area contributed by atoms with Gasteiger partial charge in [-0.05, 0) is 18.4 Å². The highest BCUT2D eigenvalue weighted by atomic mass is 16.6. The number of nitro groups is 1. The van der Waals surface area contributed by atoms with Crippen molar-refractivity contribution in [1.29, 1.82) is 0 Å². The van der Waals surface area contributed by atoms with Crippen LogP contribution in [0.1, 0.15) is 20.3 Å². The van der Waals surface area contributed by atoms with Gasteiger partial charge in [0.15, 0.2) is 0 Å². The van der Waals surface area contributed by atoms with Crippen molar-refractivity contribution in [3.8, 4) is 0 Å². The van der Waals surface area contributed by atoms with Crippen molar-refractivity contribution in [2.45, 2.75) is 26.3 Å². The van der Waals surface area contributed by atoms with Crippen molar-refractivity contribution in [2.75, 3.05) is 12.4 Å². The lowest BCUT2D eigenvalue weighted by Gasteiger charge is -2.18. The summed E-state index contributed by atoms with van der Waals surface area (Å²) in [6.45, 7) is 3.97. The number of aromatic nitrogens is 1. The molecule has 0 saturated heterocycles. The number of nitrogens with zero attached hydrogens (tertiary/aromatic N) is 2. The molecule has 0 amide bonds. The van der Waals surface area contributed by atoms with Gasteiger partial charge >= 0.3 is 5.97 Å². The highest BCUT2D eigenvalue weighted by Gasteiger charge is 2.20. The summed E-state index contributed by atoms with van der Waals surface area (Å²) in [6.07, 6.45) is 1.73. The minimum atomic E-state index is -0.525. The lowest BCUT2D eigenvalue weighted by Crippen LogP contribution is -2.32. The van der Waals surface area contributed by atoms with Crippen LogP contribution < -0.4 is 5.32 Å². The van der Waals surface area contributed by atoms with Gasteiger partial charge in [0.1, 0.15) is 18.1 Å². The maximum atomic E-state index is 11.6. The van der Waals surface area contributed by atoms with E-state index in [4.69, 9.17) is 4.74 Å². The lowest BCUT2D eigenvalue weighted by molar-refractivity contribution is -0.385. The van der Waals surface area contributed by atoms with Gasteiger partial charge in [-0.15, -0.1) is 0 Å². The molecule has 0 aliphatic carbocycles. The molecule has 0 aliphatic rings. The van der Waals surface area contributed by atoms with E-state index in [-0.39, 0.29) is 11.7 Å². The van der Waals surface area contributed by atoms with Crippen molar-refractivity contribution in [2.24, 2.45) is 5.92 Å². The van der Waals surface area contributed by atoms with Crippen molar-refractivity contribution < 1.29 is 14.5 Å². The van der Waals surface area contributed by atoms with Gasteiger partial charge in [0, 0.05) is 6.07 Å². The van der Waals surface area contributed by atoms with E-state index in [1.807, 2.05) is 13.8 Å². The first-order chi connectivity index (χ1) is 8.93. The molecule has 1 unspecified atom stereocenters. The molecule has 0 aromatic carbocycles. The zero-order chi connectivity index (χ0) is 14.4. The number of nitrogens with one attached hydrogen (secondary N) is 1. The van der Waals surface area contributed by atoms with Gasteiger partial charge in [-0.25, -0.2) is 9.78 Å². The molecule has 104 valence electrons. The first-order valence-electron chi connectivity index (χ1n) is 5.88. The van der Waals surface area contributed by atoms with Crippen LogP contribution in [-0.4, -0.2) is 29.0 Å². The minimum Gasteiger partial charge on any atom is -0.467 e. The first-order valence-corrected chi connectivity index (χ1v) is 5.88. The molecule has 0 fully saturated rings. The topological polar surface area (TPSA) is 94.4 Å². The second kappa shape index (κ2) is 6.67. The second-order valence-corrected chi connectivity index (χ2v) is 4.51. The van der Waals surface area contributed by atoms with Crippen LogP contribution in [0.3, 0.4) is 0 Å². The van der Waals surface area contributed by atoms with Gasteiger partial charge in [0.25, 0.3) is 5.69 Å². The summed E-state index contributed by atoms with van der Waals surface area (Å²) in [5.41, 5.74) is -0.0935. The van der Waals surface area contributed by atoms with E-state index in [1.54, 1.807) is 0 Å². The molecule has 0 bridgehead atoms. The Bertz CT molecular complexity index is 445. The molecule has 1 atom stereocenters. The Labute approximate surface area is 111 Å². The van der Waals surface area contributed by atoms with Gasteiger partial charge in [-0.2, -0.15) is 0 Å². The van der Waals surface area contributed by atoms with Crippen molar-refractivity contribution in [1.82, 2.24) is 4.98 Å². The SMILES string of the molecule is COC(=O)C(CC(C)C)Nc1ccc([N+](=O)[O-])cn1. The Kier molecular flexibility index (Phi) is 5.23. The van der Waals surface area contributed by atoms with Crippen LogP contribution in [0.25, 0.3) is 0 Å². The van der Waals surface area contributed by atoms with Crippen molar-refractivity contribution >= 4 is 17.5 Å². The predicted octanol–water partition coefficient (Wildman–Crippen LogP) is 1.99. The molecule has 1 aromatic heterocycles. The van der Waals surface area contributed by atoms with Crippen LogP contribution in [0, 0.1) is 16.0 Å². The summed E-state index contributed by atoms with van der Waals surface area (Å²) in [5.74, 6) is 0.324. The van der Waals surface area contributed by atoms with Gasteiger partial charge in [0.05, 0.1) is 12.0 Å². The Hall–Kier alpha value is -2.18. The number of ether oxygens (including phenoxy) is 1. The summed E-state index contributed by atoms with van der Waals surface area (Å²) in [4.78, 5) is 25.5. The standard InChI is InChI=1S/C12H17N3O4/c1-8(2)6-10(12(16)19-3)14-11-5-4-9(7-13-11)15(17)18/h4-5,7-8,10H,6H2,1-3H3,(H,13,14). The maximum Gasteiger partial charge on any atom is 0.328 e. The van der Waals surface area contributed by atoms with E-state index >= 15 is 0 Å².